The molecule has 2 aliphatic rings. The molecule has 1 spiro atoms. The minimum absolute atomic E-state index is 0.0625. The second-order valence-corrected chi connectivity index (χ2v) is 5.74. The van der Waals surface area contributed by atoms with E-state index in [0.717, 1.165) is 0 Å². The van der Waals surface area contributed by atoms with Gasteiger partial charge in [-0.3, -0.25) is 4.79 Å². The molecular weight excluding hydrogens is 241 g/mol. The minimum atomic E-state index is -1.29. The summed E-state index contributed by atoms with van der Waals surface area (Å²) in [4.78, 5) is 23.1. The number of carbonyl (C=O) groups excluding carboxylic acids is 1. The quantitative estimate of drug-likeness (QED) is 0.725. The van der Waals surface area contributed by atoms with Gasteiger partial charge in [-0.2, -0.15) is 0 Å². The lowest BCUT2D eigenvalue weighted by molar-refractivity contribution is -0.144. The normalized spacial score (nSPS) is 37.0. The Morgan fingerprint density at radius 2 is 2.07 bits per heavy atom. The second-order valence-electron chi connectivity index (χ2n) is 4.41. The van der Waals surface area contributed by atoms with Crippen LogP contribution in [0.3, 0.4) is 0 Å². The molecule has 0 radical (unpaired) electrons. The van der Waals surface area contributed by atoms with Crippen LogP contribution in [0.25, 0.3) is 0 Å². The Hall–Kier alpha value is -0.480. The van der Waals surface area contributed by atoms with Crippen molar-refractivity contribution in [2.45, 2.75) is 29.6 Å². The van der Waals surface area contributed by atoms with Gasteiger partial charge in [0.15, 0.2) is 10.1 Å². The summed E-state index contributed by atoms with van der Waals surface area (Å²) in [7, 11) is 1.52. The smallest absolute Gasteiger partial charge is 0.407 e. The van der Waals surface area contributed by atoms with Gasteiger partial charge in [0.2, 0.25) is 0 Å². The molecule has 2 rings (SSSR count). The van der Waals surface area contributed by atoms with Crippen molar-refractivity contribution in [2.75, 3.05) is 7.05 Å². The number of carbonyl (C=O) groups is 2. The standard InChI is InChI=1S/C9H11Cl2NO3/c1-12(7(14)15)5-2-8(3-5)4-6(13)9(8,10)11/h5H,2-4H2,1H3,(H,14,15). The van der Waals surface area contributed by atoms with Crippen molar-refractivity contribution in [1.29, 1.82) is 0 Å². The zero-order valence-corrected chi connectivity index (χ0v) is 9.68. The Morgan fingerprint density at radius 1 is 1.53 bits per heavy atom. The number of amides is 1. The van der Waals surface area contributed by atoms with Crippen LogP contribution in [0.15, 0.2) is 0 Å². The SMILES string of the molecule is CN(C(=O)O)C1CC2(CC(=O)C2(Cl)Cl)C1. The third-order valence-corrected chi connectivity index (χ3v) is 4.84. The van der Waals surface area contributed by atoms with E-state index < -0.39 is 10.4 Å². The molecule has 6 heteroatoms. The Morgan fingerprint density at radius 3 is 2.40 bits per heavy atom. The molecule has 0 saturated heterocycles. The second kappa shape index (κ2) is 3.01. The molecule has 0 unspecified atom stereocenters. The topological polar surface area (TPSA) is 57.6 Å². The lowest BCUT2D eigenvalue weighted by atomic mass is 9.52. The number of halogens is 2. The fraction of sp³-hybridized carbons (Fsp3) is 0.778. The Kier molecular flexibility index (Phi) is 2.21. The molecule has 2 saturated carbocycles. The van der Waals surface area contributed by atoms with Crippen LogP contribution in [0.5, 0.6) is 0 Å². The van der Waals surface area contributed by atoms with Gasteiger partial charge in [0.25, 0.3) is 0 Å². The highest BCUT2D eigenvalue weighted by Gasteiger charge is 2.69. The largest absolute Gasteiger partial charge is 0.465 e. The number of rotatable bonds is 1. The molecule has 15 heavy (non-hydrogen) atoms. The first kappa shape index (κ1) is 11.0. The predicted molar refractivity (Wildman–Crippen MR) is 55.3 cm³/mol. The Labute approximate surface area is 97.1 Å². The fourth-order valence-corrected chi connectivity index (χ4v) is 2.97. The Bertz CT molecular complexity index is 336. The van der Waals surface area contributed by atoms with E-state index in [1.807, 2.05) is 0 Å². The maximum atomic E-state index is 11.2. The molecule has 0 atom stereocenters. The van der Waals surface area contributed by atoms with Crippen molar-refractivity contribution in [1.82, 2.24) is 4.90 Å². The van der Waals surface area contributed by atoms with Gasteiger partial charge >= 0.3 is 6.09 Å². The van der Waals surface area contributed by atoms with E-state index in [1.165, 1.54) is 11.9 Å². The van der Waals surface area contributed by atoms with Crippen LogP contribution in [0, 0.1) is 5.41 Å². The van der Waals surface area contributed by atoms with E-state index in [2.05, 4.69) is 0 Å². The van der Waals surface area contributed by atoms with Crippen LogP contribution >= 0.6 is 23.2 Å². The maximum Gasteiger partial charge on any atom is 0.407 e. The number of nitrogens with zero attached hydrogens (tertiary/aromatic N) is 1. The van der Waals surface area contributed by atoms with Gasteiger partial charge < -0.3 is 10.0 Å². The maximum absolute atomic E-state index is 11.2. The number of hydrogen-bond donors (Lipinski definition) is 1. The van der Waals surface area contributed by atoms with Crippen LogP contribution in [0.1, 0.15) is 19.3 Å². The lowest BCUT2D eigenvalue weighted by Gasteiger charge is -2.60. The molecule has 0 heterocycles. The van der Waals surface area contributed by atoms with Crippen molar-refractivity contribution >= 4 is 35.1 Å². The summed E-state index contributed by atoms with van der Waals surface area (Å²) in [6.07, 6.45) is 0.572. The summed E-state index contributed by atoms with van der Waals surface area (Å²) in [6, 6.07) is -0.0625. The van der Waals surface area contributed by atoms with Gasteiger partial charge in [0.1, 0.15) is 0 Å². The molecule has 1 amide bonds. The zero-order valence-electron chi connectivity index (χ0n) is 8.17. The van der Waals surface area contributed by atoms with Crippen molar-refractivity contribution < 1.29 is 14.7 Å². The summed E-state index contributed by atoms with van der Waals surface area (Å²) in [5.74, 6) is -0.151. The number of carboxylic acid groups (broad SMARTS) is 1. The molecular formula is C9H11Cl2NO3. The van der Waals surface area contributed by atoms with E-state index in [-0.39, 0.29) is 17.2 Å². The first-order chi connectivity index (χ1) is 6.80. The van der Waals surface area contributed by atoms with E-state index in [9.17, 15) is 9.59 Å². The predicted octanol–water partition coefficient (Wildman–Crippen LogP) is 1.89. The van der Waals surface area contributed by atoms with Crippen LogP contribution in [-0.4, -0.2) is 39.3 Å². The Balaban J connectivity index is 1.99. The number of hydrogen-bond acceptors (Lipinski definition) is 2. The number of ketones is 1. The molecule has 0 bridgehead atoms. The van der Waals surface area contributed by atoms with Crippen LogP contribution in [0.2, 0.25) is 0 Å². The van der Waals surface area contributed by atoms with E-state index in [1.54, 1.807) is 0 Å². The van der Waals surface area contributed by atoms with Gasteiger partial charge in [-0.1, -0.05) is 23.2 Å². The highest BCUT2D eigenvalue weighted by atomic mass is 35.5. The van der Waals surface area contributed by atoms with Gasteiger partial charge in [0.05, 0.1) is 0 Å². The molecule has 0 aromatic carbocycles. The molecule has 2 aliphatic carbocycles. The van der Waals surface area contributed by atoms with Crippen molar-refractivity contribution in [3.63, 3.8) is 0 Å². The molecule has 4 nitrogen and oxygen atoms in total. The monoisotopic (exact) mass is 251 g/mol. The zero-order chi connectivity index (χ0) is 11.4. The van der Waals surface area contributed by atoms with Crippen molar-refractivity contribution in [3.05, 3.63) is 0 Å². The minimum Gasteiger partial charge on any atom is -0.465 e. The number of alkyl halides is 2. The summed E-state index contributed by atoms with van der Waals surface area (Å²) >= 11 is 11.8. The lowest BCUT2D eigenvalue weighted by Crippen LogP contribution is -2.67. The van der Waals surface area contributed by atoms with Crippen LogP contribution < -0.4 is 0 Å². The first-order valence-electron chi connectivity index (χ1n) is 4.67. The van der Waals surface area contributed by atoms with Crippen molar-refractivity contribution in [2.24, 2.45) is 5.41 Å². The molecule has 0 aromatic heterocycles. The third-order valence-electron chi connectivity index (χ3n) is 3.62. The summed E-state index contributed by atoms with van der Waals surface area (Å²) in [5, 5.41) is 8.75. The van der Waals surface area contributed by atoms with E-state index >= 15 is 0 Å². The molecule has 1 N–H and O–H groups in total. The van der Waals surface area contributed by atoms with Crippen LogP contribution in [-0.2, 0) is 4.79 Å². The van der Waals surface area contributed by atoms with Crippen molar-refractivity contribution in [3.8, 4) is 0 Å². The molecule has 0 aromatic rings. The summed E-state index contributed by atoms with van der Waals surface area (Å²) < 4.78 is -1.29. The summed E-state index contributed by atoms with van der Waals surface area (Å²) in [5.41, 5.74) is -0.373. The third kappa shape index (κ3) is 1.27. The average Bonchev–Trinajstić information content (AvgIpc) is 2.08. The van der Waals surface area contributed by atoms with Gasteiger partial charge in [0, 0.05) is 24.9 Å². The van der Waals surface area contributed by atoms with Crippen LogP contribution in [0.4, 0.5) is 4.79 Å². The number of Topliss-reactive ketones (excluding diaryl/α,β-unsaturated/α-hetero) is 1. The average molecular weight is 252 g/mol. The highest BCUT2D eigenvalue weighted by Crippen LogP contribution is 2.65. The van der Waals surface area contributed by atoms with E-state index in [4.69, 9.17) is 28.3 Å². The molecule has 2 fully saturated rings. The molecule has 0 aliphatic heterocycles. The van der Waals surface area contributed by atoms with Gasteiger partial charge in [-0.25, -0.2) is 4.79 Å². The van der Waals surface area contributed by atoms with Gasteiger partial charge in [-0.15, -0.1) is 0 Å². The first-order valence-corrected chi connectivity index (χ1v) is 5.43. The molecule has 84 valence electrons. The van der Waals surface area contributed by atoms with Gasteiger partial charge in [-0.05, 0) is 12.8 Å². The fourth-order valence-electron chi connectivity index (χ4n) is 2.39. The summed E-state index contributed by atoms with van der Waals surface area (Å²) in [6.45, 7) is 0. The highest BCUT2D eigenvalue weighted by molar-refractivity contribution is 6.61. The van der Waals surface area contributed by atoms with E-state index in [0.29, 0.717) is 19.3 Å².